The van der Waals surface area contributed by atoms with Crippen molar-refractivity contribution in [2.75, 3.05) is 26.2 Å². The maximum atomic E-state index is 13.1. The number of fused-ring (bicyclic) bond motifs is 1. The Balaban J connectivity index is 1.85. The second-order valence-corrected chi connectivity index (χ2v) is 5.20. The van der Waals surface area contributed by atoms with Gasteiger partial charge in [0.25, 0.3) is 0 Å². The van der Waals surface area contributed by atoms with Crippen molar-refractivity contribution in [3.8, 4) is 11.5 Å². The summed E-state index contributed by atoms with van der Waals surface area (Å²) >= 11 is 0. The van der Waals surface area contributed by atoms with Gasteiger partial charge in [-0.15, -0.1) is 15.4 Å². The van der Waals surface area contributed by atoms with Crippen LogP contribution in [0.3, 0.4) is 0 Å². The Bertz CT molecular complexity index is 530. The maximum absolute atomic E-state index is 13.1. The molecule has 1 aromatic carbocycles. The lowest BCUT2D eigenvalue weighted by atomic mass is 10.0. The molecule has 1 aromatic rings. The second kappa shape index (κ2) is 5.61. The van der Waals surface area contributed by atoms with E-state index in [1.807, 2.05) is 12.1 Å². The number of halogens is 2. The standard InChI is InChI=1S/C15H18F2N2O2/c1-2-3-12(19-8-6-18-7-9-19)11-4-5-13-14(10-11)21-15(16,17)20-13/h2,4-5,10,12,18H,1,3,6-9H2/t12-/m0/s1. The maximum Gasteiger partial charge on any atom is 0.586 e. The van der Waals surface area contributed by atoms with E-state index in [1.54, 1.807) is 12.1 Å². The van der Waals surface area contributed by atoms with Crippen LogP contribution in [-0.2, 0) is 0 Å². The summed E-state index contributed by atoms with van der Waals surface area (Å²) in [5.41, 5.74) is 0.942. The minimum atomic E-state index is -3.57. The first-order valence-electron chi connectivity index (χ1n) is 7.04. The minimum absolute atomic E-state index is 0.0846. The van der Waals surface area contributed by atoms with Gasteiger partial charge in [0.15, 0.2) is 11.5 Å². The third-order valence-corrected chi connectivity index (χ3v) is 3.79. The van der Waals surface area contributed by atoms with E-state index in [4.69, 9.17) is 0 Å². The summed E-state index contributed by atoms with van der Waals surface area (Å²) in [6, 6.07) is 5.13. The molecule has 0 bridgehead atoms. The first kappa shape index (κ1) is 14.3. The number of alkyl halides is 2. The Kier molecular flexibility index (Phi) is 3.82. The number of nitrogens with one attached hydrogen (secondary N) is 1. The van der Waals surface area contributed by atoms with E-state index in [0.29, 0.717) is 0 Å². The highest BCUT2D eigenvalue weighted by atomic mass is 19.3. The number of piperazine rings is 1. The van der Waals surface area contributed by atoms with Crippen LogP contribution >= 0.6 is 0 Å². The topological polar surface area (TPSA) is 33.7 Å². The van der Waals surface area contributed by atoms with E-state index in [-0.39, 0.29) is 17.5 Å². The zero-order chi connectivity index (χ0) is 14.9. The molecule has 0 saturated carbocycles. The Morgan fingerprint density at radius 2 is 2.00 bits per heavy atom. The highest BCUT2D eigenvalue weighted by molar-refractivity contribution is 5.46. The Morgan fingerprint density at radius 1 is 1.29 bits per heavy atom. The molecule has 1 fully saturated rings. The van der Waals surface area contributed by atoms with Crippen molar-refractivity contribution in [1.82, 2.24) is 10.2 Å². The molecule has 4 nitrogen and oxygen atoms in total. The molecular formula is C15H18F2N2O2. The van der Waals surface area contributed by atoms with E-state index in [2.05, 4.69) is 26.3 Å². The van der Waals surface area contributed by atoms with Crippen LogP contribution in [0, 0.1) is 0 Å². The average Bonchev–Trinajstić information content (AvgIpc) is 2.78. The van der Waals surface area contributed by atoms with Crippen LogP contribution in [0.5, 0.6) is 11.5 Å². The number of rotatable bonds is 4. The molecule has 6 heteroatoms. The summed E-state index contributed by atoms with van der Waals surface area (Å²) in [6.45, 7) is 7.49. The molecular weight excluding hydrogens is 278 g/mol. The largest absolute Gasteiger partial charge is 0.586 e. The first-order chi connectivity index (χ1) is 10.1. The summed E-state index contributed by atoms with van der Waals surface area (Å²) in [4.78, 5) is 2.33. The van der Waals surface area contributed by atoms with Gasteiger partial charge in [0.05, 0.1) is 0 Å². The first-order valence-corrected chi connectivity index (χ1v) is 7.04. The highest BCUT2D eigenvalue weighted by Crippen LogP contribution is 2.43. The Morgan fingerprint density at radius 3 is 2.71 bits per heavy atom. The van der Waals surface area contributed by atoms with Gasteiger partial charge in [-0.2, -0.15) is 0 Å². The molecule has 3 rings (SSSR count). The molecule has 0 spiro atoms. The molecule has 2 aliphatic rings. The molecule has 2 aliphatic heterocycles. The van der Waals surface area contributed by atoms with Gasteiger partial charge in [-0.3, -0.25) is 4.90 Å². The van der Waals surface area contributed by atoms with Gasteiger partial charge in [0.1, 0.15) is 0 Å². The van der Waals surface area contributed by atoms with Gasteiger partial charge in [0, 0.05) is 32.2 Å². The van der Waals surface area contributed by atoms with E-state index >= 15 is 0 Å². The molecule has 0 amide bonds. The van der Waals surface area contributed by atoms with Crippen molar-refractivity contribution in [3.05, 3.63) is 36.4 Å². The van der Waals surface area contributed by atoms with Crippen molar-refractivity contribution in [1.29, 1.82) is 0 Å². The van der Waals surface area contributed by atoms with Crippen LogP contribution in [-0.4, -0.2) is 37.4 Å². The fourth-order valence-electron chi connectivity index (χ4n) is 2.82. The van der Waals surface area contributed by atoms with Crippen LogP contribution in [0.25, 0.3) is 0 Å². The van der Waals surface area contributed by atoms with Crippen molar-refractivity contribution in [2.24, 2.45) is 0 Å². The van der Waals surface area contributed by atoms with E-state index in [1.165, 1.54) is 0 Å². The SMILES string of the molecule is C=CC[C@@H](c1ccc2c(c1)OC(F)(F)O2)N1CCNCC1. The zero-order valence-electron chi connectivity index (χ0n) is 11.6. The predicted octanol–water partition coefficient (Wildman–Crippen LogP) is 2.53. The van der Waals surface area contributed by atoms with Gasteiger partial charge in [-0.1, -0.05) is 12.1 Å². The van der Waals surface area contributed by atoms with Crippen molar-refractivity contribution in [2.45, 2.75) is 18.8 Å². The fraction of sp³-hybridized carbons (Fsp3) is 0.467. The molecule has 1 saturated heterocycles. The van der Waals surface area contributed by atoms with Crippen molar-refractivity contribution in [3.63, 3.8) is 0 Å². The van der Waals surface area contributed by atoms with Crippen LogP contribution in [0.2, 0.25) is 0 Å². The number of benzene rings is 1. The molecule has 21 heavy (non-hydrogen) atoms. The van der Waals surface area contributed by atoms with Crippen LogP contribution in [0.1, 0.15) is 18.0 Å². The smallest absolute Gasteiger partial charge is 0.395 e. The lowest BCUT2D eigenvalue weighted by Crippen LogP contribution is -2.45. The average molecular weight is 296 g/mol. The summed E-state index contributed by atoms with van der Waals surface area (Å²) in [5, 5.41) is 3.30. The van der Waals surface area contributed by atoms with E-state index in [9.17, 15) is 8.78 Å². The predicted molar refractivity (Wildman–Crippen MR) is 74.6 cm³/mol. The summed E-state index contributed by atoms with van der Waals surface area (Å²) in [6.07, 6.45) is -0.953. The molecule has 0 radical (unpaired) electrons. The summed E-state index contributed by atoms with van der Waals surface area (Å²) in [7, 11) is 0. The lowest BCUT2D eigenvalue weighted by molar-refractivity contribution is -0.286. The van der Waals surface area contributed by atoms with Crippen LogP contribution in [0.4, 0.5) is 8.78 Å². The molecule has 0 unspecified atom stereocenters. The number of hydrogen-bond donors (Lipinski definition) is 1. The third-order valence-electron chi connectivity index (χ3n) is 3.79. The summed E-state index contributed by atoms with van der Waals surface area (Å²) < 4.78 is 35.2. The number of ether oxygens (including phenoxy) is 2. The fourth-order valence-corrected chi connectivity index (χ4v) is 2.82. The normalized spacial score (nSPS) is 22.0. The van der Waals surface area contributed by atoms with E-state index < -0.39 is 6.29 Å². The third kappa shape index (κ3) is 3.01. The quantitative estimate of drug-likeness (QED) is 0.866. The van der Waals surface area contributed by atoms with Crippen molar-refractivity contribution >= 4 is 0 Å². The van der Waals surface area contributed by atoms with Crippen molar-refractivity contribution < 1.29 is 18.3 Å². The number of nitrogens with zero attached hydrogens (tertiary/aromatic N) is 1. The molecule has 114 valence electrons. The van der Waals surface area contributed by atoms with Crippen LogP contribution < -0.4 is 14.8 Å². The van der Waals surface area contributed by atoms with Gasteiger partial charge in [-0.25, -0.2) is 0 Å². The van der Waals surface area contributed by atoms with Crippen LogP contribution in [0.15, 0.2) is 30.9 Å². The highest BCUT2D eigenvalue weighted by Gasteiger charge is 2.43. The zero-order valence-corrected chi connectivity index (χ0v) is 11.6. The second-order valence-electron chi connectivity index (χ2n) is 5.20. The monoisotopic (exact) mass is 296 g/mol. The Hall–Kier alpha value is -1.66. The molecule has 1 N–H and O–H groups in total. The molecule has 0 aliphatic carbocycles. The molecule has 2 heterocycles. The van der Waals surface area contributed by atoms with Gasteiger partial charge < -0.3 is 14.8 Å². The minimum Gasteiger partial charge on any atom is -0.395 e. The van der Waals surface area contributed by atoms with Gasteiger partial charge in [0.2, 0.25) is 0 Å². The molecule has 0 aromatic heterocycles. The lowest BCUT2D eigenvalue weighted by Gasteiger charge is -2.34. The Labute approximate surface area is 122 Å². The van der Waals surface area contributed by atoms with Gasteiger partial charge in [-0.05, 0) is 24.1 Å². The van der Waals surface area contributed by atoms with E-state index in [0.717, 1.165) is 38.2 Å². The molecule has 1 atom stereocenters. The summed E-state index contributed by atoms with van der Waals surface area (Å²) in [5.74, 6) is 0.183. The van der Waals surface area contributed by atoms with Gasteiger partial charge >= 0.3 is 6.29 Å². The number of hydrogen-bond acceptors (Lipinski definition) is 4.